The smallest absolute Gasteiger partial charge is 0.200 e. The van der Waals surface area contributed by atoms with E-state index in [1.165, 1.54) is 4.63 Å². The van der Waals surface area contributed by atoms with Crippen LogP contribution in [0.2, 0.25) is 0 Å². The van der Waals surface area contributed by atoms with Crippen molar-refractivity contribution in [2.75, 3.05) is 45.7 Å². The van der Waals surface area contributed by atoms with Gasteiger partial charge in [-0.2, -0.15) is 0 Å². The van der Waals surface area contributed by atoms with Gasteiger partial charge in [-0.3, -0.25) is 0 Å². The van der Waals surface area contributed by atoms with Crippen LogP contribution in [0.4, 0.5) is 5.82 Å². The van der Waals surface area contributed by atoms with Gasteiger partial charge in [0.2, 0.25) is 0 Å². The van der Waals surface area contributed by atoms with Crippen LogP contribution in [-0.4, -0.2) is 70.6 Å². The zero-order valence-electron chi connectivity index (χ0n) is 10.6. The molecule has 0 bridgehead atoms. The highest BCUT2D eigenvalue weighted by atomic mass is 16.5. The standard InChI is InChI=1S/C10H17N7O/c1-16(7-8-18-2)6-5-11-9-3-4-10-12-14-15-17(10)13-9/h3-4H,5-8H2,1-2H3,(H,11,13). The first-order valence-electron chi connectivity index (χ1n) is 5.76. The zero-order chi connectivity index (χ0) is 12.8. The first kappa shape index (κ1) is 12.7. The van der Waals surface area contributed by atoms with E-state index >= 15 is 0 Å². The summed E-state index contributed by atoms with van der Waals surface area (Å²) >= 11 is 0. The molecule has 0 aliphatic carbocycles. The van der Waals surface area contributed by atoms with Crippen molar-refractivity contribution in [1.82, 2.24) is 30.2 Å². The normalized spacial score (nSPS) is 11.3. The van der Waals surface area contributed by atoms with E-state index in [2.05, 4.69) is 37.9 Å². The Balaban J connectivity index is 1.79. The lowest BCUT2D eigenvalue weighted by Crippen LogP contribution is -2.28. The minimum atomic E-state index is 0.637. The Morgan fingerprint density at radius 2 is 2.28 bits per heavy atom. The molecule has 18 heavy (non-hydrogen) atoms. The maximum absolute atomic E-state index is 5.02. The predicted molar refractivity (Wildman–Crippen MR) is 66.4 cm³/mol. The lowest BCUT2D eigenvalue weighted by Gasteiger charge is -2.16. The number of nitrogens with one attached hydrogen (secondary N) is 1. The van der Waals surface area contributed by atoms with Crippen LogP contribution in [-0.2, 0) is 4.74 Å². The number of hydrogen-bond donors (Lipinski definition) is 1. The van der Waals surface area contributed by atoms with Crippen LogP contribution < -0.4 is 5.32 Å². The third kappa shape index (κ3) is 3.34. The molecule has 0 amide bonds. The average Bonchev–Trinajstić information content (AvgIpc) is 2.83. The van der Waals surface area contributed by atoms with E-state index in [0.717, 1.165) is 32.1 Å². The van der Waals surface area contributed by atoms with Crippen LogP contribution in [0.25, 0.3) is 5.65 Å². The van der Waals surface area contributed by atoms with Gasteiger partial charge in [-0.05, 0) is 29.6 Å². The summed E-state index contributed by atoms with van der Waals surface area (Å²) in [5.74, 6) is 0.759. The monoisotopic (exact) mass is 251 g/mol. The summed E-state index contributed by atoms with van der Waals surface area (Å²) in [6, 6.07) is 3.69. The number of aromatic nitrogens is 5. The van der Waals surface area contributed by atoms with E-state index in [-0.39, 0.29) is 0 Å². The van der Waals surface area contributed by atoms with Crippen molar-refractivity contribution >= 4 is 11.5 Å². The lowest BCUT2D eigenvalue weighted by molar-refractivity contribution is 0.163. The molecule has 98 valence electrons. The Hall–Kier alpha value is -1.80. The molecule has 0 saturated heterocycles. The summed E-state index contributed by atoms with van der Waals surface area (Å²) in [4.78, 5) is 2.19. The van der Waals surface area contributed by atoms with E-state index < -0.39 is 0 Å². The molecule has 0 unspecified atom stereocenters. The van der Waals surface area contributed by atoms with Crippen molar-refractivity contribution < 1.29 is 4.74 Å². The van der Waals surface area contributed by atoms with E-state index in [0.29, 0.717) is 5.65 Å². The number of nitrogens with zero attached hydrogens (tertiary/aromatic N) is 6. The van der Waals surface area contributed by atoms with Crippen LogP contribution in [0.5, 0.6) is 0 Å². The largest absolute Gasteiger partial charge is 0.383 e. The van der Waals surface area contributed by atoms with Gasteiger partial charge in [-0.15, -0.1) is 14.8 Å². The Bertz CT molecular complexity index is 486. The van der Waals surface area contributed by atoms with E-state index in [4.69, 9.17) is 4.74 Å². The molecule has 8 nitrogen and oxygen atoms in total. The number of anilines is 1. The van der Waals surface area contributed by atoms with Gasteiger partial charge in [0.05, 0.1) is 6.61 Å². The topological polar surface area (TPSA) is 80.5 Å². The molecule has 0 fully saturated rings. The van der Waals surface area contributed by atoms with Gasteiger partial charge < -0.3 is 15.0 Å². The van der Waals surface area contributed by atoms with Gasteiger partial charge in [0, 0.05) is 26.7 Å². The number of fused-ring (bicyclic) bond motifs is 1. The SMILES string of the molecule is COCCN(C)CCNc1ccc2nnnn2n1. The fourth-order valence-electron chi connectivity index (χ4n) is 1.48. The molecule has 2 heterocycles. The van der Waals surface area contributed by atoms with Gasteiger partial charge in [0.25, 0.3) is 0 Å². The number of rotatable bonds is 7. The second-order valence-electron chi connectivity index (χ2n) is 3.97. The summed E-state index contributed by atoms with van der Waals surface area (Å²) < 4.78 is 6.42. The second kappa shape index (κ2) is 6.22. The number of hydrogen-bond acceptors (Lipinski definition) is 7. The number of ether oxygens (including phenoxy) is 1. The molecule has 0 spiro atoms. The third-order valence-electron chi connectivity index (χ3n) is 2.55. The van der Waals surface area contributed by atoms with Crippen LogP contribution >= 0.6 is 0 Å². The Morgan fingerprint density at radius 1 is 1.39 bits per heavy atom. The highest BCUT2D eigenvalue weighted by Gasteiger charge is 2.01. The fourth-order valence-corrected chi connectivity index (χ4v) is 1.48. The molecule has 0 saturated carbocycles. The van der Waals surface area contributed by atoms with E-state index in [1.54, 1.807) is 7.11 Å². The Morgan fingerprint density at radius 3 is 3.11 bits per heavy atom. The molecule has 0 aliphatic heterocycles. The second-order valence-corrected chi connectivity index (χ2v) is 3.97. The zero-order valence-corrected chi connectivity index (χ0v) is 10.6. The van der Waals surface area contributed by atoms with Crippen molar-refractivity contribution in [2.24, 2.45) is 0 Å². The van der Waals surface area contributed by atoms with Gasteiger partial charge in [0.1, 0.15) is 5.82 Å². The Labute approximate surface area is 105 Å². The molecule has 0 aromatic carbocycles. The quantitative estimate of drug-likeness (QED) is 0.711. The highest BCUT2D eigenvalue weighted by Crippen LogP contribution is 2.02. The highest BCUT2D eigenvalue weighted by molar-refractivity contribution is 5.41. The van der Waals surface area contributed by atoms with Crippen molar-refractivity contribution in [2.45, 2.75) is 0 Å². The molecule has 0 atom stereocenters. The first-order chi connectivity index (χ1) is 8.79. The summed E-state index contributed by atoms with van der Waals surface area (Å²) in [5, 5.41) is 18.5. The lowest BCUT2D eigenvalue weighted by atomic mass is 10.4. The number of likely N-dealkylation sites (N-methyl/N-ethyl adjacent to an activating group) is 1. The fraction of sp³-hybridized carbons (Fsp3) is 0.600. The summed E-state index contributed by atoms with van der Waals surface area (Å²) in [6.07, 6.45) is 0. The molecule has 1 N–H and O–H groups in total. The minimum absolute atomic E-state index is 0.637. The van der Waals surface area contributed by atoms with Crippen LogP contribution in [0.3, 0.4) is 0 Å². The van der Waals surface area contributed by atoms with Crippen LogP contribution in [0.1, 0.15) is 0 Å². The van der Waals surface area contributed by atoms with Gasteiger partial charge >= 0.3 is 0 Å². The molecular weight excluding hydrogens is 234 g/mol. The third-order valence-corrected chi connectivity index (χ3v) is 2.55. The maximum atomic E-state index is 5.02. The molecule has 2 rings (SSSR count). The number of methoxy groups -OCH3 is 1. The van der Waals surface area contributed by atoms with Gasteiger partial charge in [0.15, 0.2) is 5.65 Å². The summed E-state index contributed by atoms with van der Waals surface area (Å²) in [6.45, 7) is 3.38. The van der Waals surface area contributed by atoms with Crippen LogP contribution in [0.15, 0.2) is 12.1 Å². The van der Waals surface area contributed by atoms with E-state index in [9.17, 15) is 0 Å². The molecule has 0 aliphatic rings. The first-order valence-corrected chi connectivity index (χ1v) is 5.76. The number of tetrazole rings is 1. The van der Waals surface area contributed by atoms with Crippen LogP contribution in [0, 0.1) is 0 Å². The average molecular weight is 251 g/mol. The maximum Gasteiger partial charge on any atom is 0.200 e. The van der Waals surface area contributed by atoms with Gasteiger partial charge in [-0.1, -0.05) is 0 Å². The van der Waals surface area contributed by atoms with Crippen molar-refractivity contribution in [3.05, 3.63) is 12.1 Å². The van der Waals surface area contributed by atoms with Gasteiger partial charge in [-0.25, -0.2) is 0 Å². The molecule has 0 radical (unpaired) electrons. The summed E-state index contributed by atoms with van der Waals surface area (Å²) in [7, 11) is 3.76. The van der Waals surface area contributed by atoms with Crippen molar-refractivity contribution in [1.29, 1.82) is 0 Å². The molecule has 2 aromatic heterocycles. The molecular formula is C10H17N7O. The van der Waals surface area contributed by atoms with Crippen molar-refractivity contribution in [3.8, 4) is 0 Å². The Kier molecular flexibility index (Phi) is 4.37. The molecule has 8 heteroatoms. The minimum Gasteiger partial charge on any atom is -0.383 e. The molecule has 2 aromatic rings. The summed E-state index contributed by atoms with van der Waals surface area (Å²) in [5.41, 5.74) is 0.637. The van der Waals surface area contributed by atoms with Crippen molar-refractivity contribution in [3.63, 3.8) is 0 Å². The van der Waals surface area contributed by atoms with E-state index in [1.807, 2.05) is 12.1 Å². The predicted octanol–water partition coefficient (Wildman–Crippen LogP) is -0.491.